The second-order valence-electron chi connectivity index (χ2n) is 4.63. The minimum Gasteiger partial charge on any atom is -0.393 e. The van der Waals surface area contributed by atoms with Crippen LogP contribution in [0, 0.1) is 20.2 Å². The van der Waals surface area contributed by atoms with Gasteiger partial charge in [0.1, 0.15) is 5.69 Å². The van der Waals surface area contributed by atoms with Gasteiger partial charge in [0.2, 0.25) is 0 Å². The maximum atomic E-state index is 13.3. The molecule has 0 aliphatic heterocycles. The maximum absolute atomic E-state index is 13.3. The molecule has 1 atom stereocenters. The van der Waals surface area contributed by atoms with Gasteiger partial charge in [-0.1, -0.05) is 13.8 Å². The van der Waals surface area contributed by atoms with E-state index in [9.17, 15) is 33.4 Å². The number of hydrogen-bond acceptors (Lipinski definition) is 6. The summed E-state index contributed by atoms with van der Waals surface area (Å²) < 4.78 is 39.8. The molecule has 1 unspecified atom stereocenters. The van der Waals surface area contributed by atoms with E-state index in [1.54, 1.807) is 0 Å². The number of halogens is 3. The Morgan fingerprint density at radius 1 is 1.09 bits per heavy atom. The van der Waals surface area contributed by atoms with E-state index < -0.39 is 55.8 Å². The van der Waals surface area contributed by atoms with Crippen LogP contribution in [0.1, 0.15) is 37.3 Å². The normalized spacial score (nSPS) is 13.0. The smallest absolute Gasteiger partial charge is 0.393 e. The summed E-state index contributed by atoms with van der Waals surface area (Å²) in [6.07, 6.45) is -4.97. The fraction of sp³-hybridized carbons (Fsp3) is 0.455. The predicted molar refractivity (Wildman–Crippen MR) is 72.3 cm³/mol. The minimum absolute atomic E-state index is 0.126. The molecule has 1 aromatic rings. The van der Waals surface area contributed by atoms with Gasteiger partial charge in [-0.3, -0.25) is 20.2 Å². The standard InChI is InChI=1S/C11H13F3N4O4/c1-3-4(2)5-6(11(12,13)14)7(15)10(18(21)22)8(16)9(5)17(19)20/h4H,3,15-16H2,1-2H3. The van der Waals surface area contributed by atoms with Gasteiger partial charge in [-0.2, -0.15) is 13.2 Å². The predicted octanol–water partition coefficient (Wildman–Crippen LogP) is 3.20. The quantitative estimate of drug-likeness (QED) is 0.496. The lowest BCUT2D eigenvalue weighted by molar-refractivity contribution is -0.392. The molecule has 0 bridgehead atoms. The van der Waals surface area contributed by atoms with Gasteiger partial charge in [-0.05, 0) is 12.3 Å². The first-order valence-corrected chi connectivity index (χ1v) is 6.05. The van der Waals surface area contributed by atoms with Gasteiger partial charge >= 0.3 is 17.6 Å². The van der Waals surface area contributed by atoms with Crippen LogP contribution in [0.5, 0.6) is 0 Å². The SMILES string of the molecule is CCC(C)c1c([N+](=O)[O-])c(N)c([N+](=O)[O-])c(N)c1C(F)(F)F. The van der Waals surface area contributed by atoms with Gasteiger partial charge < -0.3 is 11.5 Å². The Morgan fingerprint density at radius 2 is 1.55 bits per heavy atom. The van der Waals surface area contributed by atoms with E-state index in [1.165, 1.54) is 13.8 Å². The summed E-state index contributed by atoms with van der Waals surface area (Å²) in [4.78, 5) is 19.6. The van der Waals surface area contributed by atoms with Crippen molar-refractivity contribution in [1.82, 2.24) is 0 Å². The van der Waals surface area contributed by atoms with Crippen LogP contribution in [0.4, 0.5) is 35.9 Å². The zero-order chi connectivity index (χ0) is 17.4. The van der Waals surface area contributed by atoms with E-state index in [0.717, 1.165) is 0 Å². The van der Waals surface area contributed by atoms with Crippen molar-refractivity contribution in [3.05, 3.63) is 31.4 Å². The molecule has 0 radical (unpaired) electrons. The van der Waals surface area contributed by atoms with E-state index in [2.05, 4.69) is 0 Å². The average molecular weight is 322 g/mol. The molecule has 1 rings (SSSR count). The molecule has 0 amide bonds. The highest BCUT2D eigenvalue weighted by Gasteiger charge is 2.46. The number of alkyl halides is 3. The van der Waals surface area contributed by atoms with Crippen molar-refractivity contribution in [1.29, 1.82) is 0 Å². The molecule has 0 aromatic heterocycles. The molecule has 0 saturated carbocycles. The van der Waals surface area contributed by atoms with E-state index in [-0.39, 0.29) is 6.42 Å². The van der Waals surface area contributed by atoms with Gasteiger partial charge in [0.25, 0.3) is 0 Å². The molecule has 8 nitrogen and oxygen atoms in total. The molecule has 0 fully saturated rings. The monoisotopic (exact) mass is 322 g/mol. The van der Waals surface area contributed by atoms with Crippen molar-refractivity contribution in [2.24, 2.45) is 0 Å². The Balaban J connectivity index is 4.11. The second-order valence-corrected chi connectivity index (χ2v) is 4.63. The zero-order valence-electron chi connectivity index (χ0n) is 11.6. The third kappa shape index (κ3) is 2.73. The van der Waals surface area contributed by atoms with E-state index in [4.69, 9.17) is 11.5 Å². The maximum Gasteiger partial charge on any atom is 0.419 e. The molecule has 4 N–H and O–H groups in total. The number of hydrogen-bond donors (Lipinski definition) is 2. The Labute approximate surface area is 122 Å². The molecule has 122 valence electrons. The third-order valence-corrected chi connectivity index (χ3v) is 3.31. The van der Waals surface area contributed by atoms with E-state index >= 15 is 0 Å². The summed E-state index contributed by atoms with van der Waals surface area (Å²) in [5.41, 5.74) is 3.71. The fourth-order valence-corrected chi connectivity index (χ4v) is 2.17. The van der Waals surface area contributed by atoms with Crippen molar-refractivity contribution in [3.8, 4) is 0 Å². The number of nitrogens with zero attached hydrogens (tertiary/aromatic N) is 2. The second kappa shape index (κ2) is 5.66. The number of anilines is 2. The van der Waals surface area contributed by atoms with Crippen LogP contribution in [0.15, 0.2) is 0 Å². The van der Waals surface area contributed by atoms with Gasteiger partial charge in [0.15, 0.2) is 5.69 Å². The fourth-order valence-electron chi connectivity index (χ4n) is 2.17. The molecule has 0 aliphatic rings. The summed E-state index contributed by atoms with van der Waals surface area (Å²) in [5.74, 6) is -0.914. The number of benzene rings is 1. The Kier molecular flexibility index (Phi) is 4.49. The highest BCUT2D eigenvalue weighted by Crippen LogP contribution is 2.51. The molecule has 0 saturated heterocycles. The van der Waals surface area contributed by atoms with Crippen LogP contribution in [0.2, 0.25) is 0 Å². The Morgan fingerprint density at radius 3 is 1.86 bits per heavy atom. The third-order valence-electron chi connectivity index (χ3n) is 3.31. The molecule has 0 aliphatic carbocycles. The number of rotatable bonds is 4. The zero-order valence-corrected chi connectivity index (χ0v) is 11.6. The average Bonchev–Trinajstić information content (AvgIpc) is 2.34. The Bertz CT molecular complexity index is 645. The highest BCUT2D eigenvalue weighted by atomic mass is 19.4. The summed E-state index contributed by atoms with van der Waals surface area (Å²) in [6.45, 7) is 2.84. The molecule has 11 heteroatoms. The van der Waals surface area contributed by atoms with Gasteiger partial charge in [0, 0.05) is 5.56 Å². The summed E-state index contributed by atoms with van der Waals surface area (Å²) in [5, 5.41) is 22.0. The summed E-state index contributed by atoms with van der Waals surface area (Å²) in [7, 11) is 0. The molecule has 22 heavy (non-hydrogen) atoms. The largest absolute Gasteiger partial charge is 0.419 e. The van der Waals surface area contributed by atoms with E-state index in [1.807, 2.05) is 0 Å². The number of nitrogen functional groups attached to an aromatic ring is 2. The van der Waals surface area contributed by atoms with Crippen LogP contribution < -0.4 is 11.5 Å². The molecular weight excluding hydrogens is 309 g/mol. The number of nitro groups is 2. The summed E-state index contributed by atoms with van der Waals surface area (Å²) >= 11 is 0. The van der Waals surface area contributed by atoms with Crippen LogP contribution in [0.3, 0.4) is 0 Å². The molecule has 0 heterocycles. The van der Waals surface area contributed by atoms with Crippen molar-refractivity contribution in [2.45, 2.75) is 32.4 Å². The minimum atomic E-state index is -5.09. The van der Waals surface area contributed by atoms with Crippen LogP contribution in [-0.4, -0.2) is 9.85 Å². The van der Waals surface area contributed by atoms with Gasteiger partial charge in [-0.15, -0.1) is 0 Å². The Hall–Kier alpha value is -2.59. The van der Waals surface area contributed by atoms with Gasteiger partial charge in [-0.25, -0.2) is 0 Å². The molecule has 1 aromatic carbocycles. The van der Waals surface area contributed by atoms with Crippen molar-refractivity contribution < 1.29 is 23.0 Å². The van der Waals surface area contributed by atoms with Crippen molar-refractivity contribution in [2.75, 3.05) is 11.5 Å². The van der Waals surface area contributed by atoms with Crippen LogP contribution in [0.25, 0.3) is 0 Å². The van der Waals surface area contributed by atoms with Crippen molar-refractivity contribution >= 4 is 22.7 Å². The first kappa shape index (κ1) is 17.5. The van der Waals surface area contributed by atoms with Crippen molar-refractivity contribution in [3.63, 3.8) is 0 Å². The molecule has 0 spiro atoms. The topological polar surface area (TPSA) is 138 Å². The highest BCUT2D eigenvalue weighted by molar-refractivity contribution is 5.86. The van der Waals surface area contributed by atoms with Crippen LogP contribution >= 0.6 is 0 Å². The number of nitrogens with two attached hydrogens (primary N) is 2. The first-order chi connectivity index (χ1) is 9.95. The lowest BCUT2D eigenvalue weighted by Crippen LogP contribution is -2.19. The number of nitro benzene ring substituents is 2. The summed E-state index contributed by atoms with van der Waals surface area (Å²) in [6, 6.07) is 0. The lowest BCUT2D eigenvalue weighted by Gasteiger charge is -2.20. The molecular formula is C11H13F3N4O4. The van der Waals surface area contributed by atoms with Gasteiger partial charge in [0.05, 0.1) is 15.4 Å². The first-order valence-electron chi connectivity index (χ1n) is 6.05. The van der Waals surface area contributed by atoms with Crippen LogP contribution in [-0.2, 0) is 6.18 Å². The van der Waals surface area contributed by atoms with E-state index in [0.29, 0.717) is 0 Å². The lowest BCUT2D eigenvalue weighted by atomic mass is 9.89.